The van der Waals surface area contributed by atoms with Gasteiger partial charge in [-0.15, -0.1) is 5.10 Å². The first kappa shape index (κ1) is 17.3. The molecule has 2 aromatic rings. The van der Waals surface area contributed by atoms with Gasteiger partial charge in [-0.25, -0.2) is 0 Å². The summed E-state index contributed by atoms with van der Waals surface area (Å²) in [5.74, 6) is 0.826. The third-order valence-electron chi connectivity index (χ3n) is 5.31. The van der Waals surface area contributed by atoms with Crippen LogP contribution in [0.5, 0.6) is 5.88 Å². The van der Waals surface area contributed by atoms with Gasteiger partial charge in [-0.1, -0.05) is 48.5 Å². The van der Waals surface area contributed by atoms with Gasteiger partial charge in [0, 0.05) is 11.5 Å². The first-order chi connectivity index (χ1) is 12.6. The number of benzene rings is 1. The lowest BCUT2D eigenvalue weighted by atomic mass is 9.72. The first-order valence-corrected chi connectivity index (χ1v) is 9.47. The monoisotopic (exact) mass is 388 g/mol. The normalized spacial score (nSPS) is 20.4. The van der Waals surface area contributed by atoms with Crippen molar-refractivity contribution < 1.29 is 4.74 Å². The zero-order valence-corrected chi connectivity index (χ0v) is 15.6. The lowest BCUT2D eigenvalue weighted by Crippen LogP contribution is -2.26. The molecule has 7 heteroatoms. The number of aromatic nitrogens is 2. The van der Waals surface area contributed by atoms with E-state index in [-0.39, 0.29) is 11.8 Å². The minimum atomic E-state index is -0.118. The molecule has 0 spiro atoms. The summed E-state index contributed by atoms with van der Waals surface area (Å²) in [6.45, 7) is 0. The number of nitrogens with two attached hydrogens (primary N) is 1. The molecule has 2 aliphatic rings. The molecule has 26 heavy (non-hydrogen) atoms. The van der Waals surface area contributed by atoms with Crippen molar-refractivity contribution in [3.63, 3.8) is 0 Å². The van der Waals surface area contributed by atoms with E-state index >= 15 is 0 Å². The van der Waals surface area contributed by atoms with Crippen LogP contribution in [0.2, 0.25) is 10.0 Å². The molecule has 1 aromatic carbocycles. The molecule has 1 atom stereocenters. The van der Waals surface area contributed by atoms with Crippen molar-refractivity contribution >= 4 is 23.2 Å². The Morgan fingerprint density at radius 2 is 1.96 bits per heavy atom. The molecular formula is C19H18Cl2N4O. The number of H-pyrrole nitrogens is 1. The summed E-state index contributed by atoms with van der Waals surface area (Å²) < 4.78 is 5.65. The number of hydrogen-bond donors (Lipinski definition) is 2. The highest BCUT2D eigenvalue weighted by molar-refractivity contribution is 6.42. The number of ether oxygens (including phenoxy) is 1. The van der Waals surface area contributed by atoms with Gasteiger partial charge < -0.3 is 10.5 Å². The van der Waals surface area contributed by atoms with Crippen LogP contribution in [0.15, 0.2) is 29.7 Å². The van der Waals surface area contributed by atoms with Crippen LogP contribution in [0.4, 0.5) is 0 Å². The lowest BCUT2D eigenvalue weighted by molar-refractivity contribution is 0.297. The molecule has 1 fully saturated rings. The van der Waals surface area contributed by atoms with Gasteiger partial charge in [0.1, 0.15) is 6.07 Å². The second kappa shape index (κ2) is 6.86. The summed E-state index contributed by atoms with van der Waals surface area (Å²) in [5, 5.41) is 18.0. The van der Waals surface area contributed by atoms with Crippen molar-refractivity contribution in [3.8, 4) is 23.2 Å². The maximum atomic E-state index is 9.73. The number of halogens is 2. The SMILES string of the molecule is N#CC1=C(N)Oc2n[nH]c(-c3ccc(Cl)c(Cl)c3)c2[C@H]1C1CCCCC1. The topological polar surface area (TPSA) is 87.7 Å². The average molecular weight is 389 g/mol. The Kier molecular flexibility index (Phi) is 4.56. The second-order valence-electron chi connectivity index (χ2n) is 6.81. The Bertz CT molecular complexity index is 922. The van der Waals surface area contributed by atoms with Gasteiger partial charge in [0.15, 0.2) is 0 Å². The van der Waals surface area contributed by atoms with E-state index in [9.17, 15) is 5.26 Å². The molecular weight excluding hydrogens is 371 g/mol. The second-order valence-corrected chi connectivity index (χ2v) is 7.63. The number of aromatic amines is 1. The fourth-order valence-electron chi connectivity index (χ4n) is 4.09. The molecule has 0 amide bonds. The number of allylic oxidation sites excluding steroid dienone is 1. The number of nitriles is 1. The molecule has 1 aliphatic heterocycles. The number of nitrogens with zero attached hydrogens (tertiary/aromatic N) is 2. The predicted molar refractivity (Wildman–Crippen MR) is 101 cm³/mol. The largest absolute Gasteiger partial charge is 0.420 e. The molecule has 0 saturated heterocycles. The number of nitrogens with one attached hydrogen (secondary N) is 1. The fraction of sp³-hybridized carbons (Fsp3) is 0.368. The molecule has 1 aliphatic carbocycles. The molecule has 5 nitrogen and oxygen atoms in total. The molecule has 3 N–H and O–H groups in total. The minimum absolute atomic E-state index is 0.118. The first-order valence-electron chi connectivity index (χ1n) is 8.71. The maximum absolute atomic E-state index is 9.73. The van der Waals surface area contributed by atoms with Crippen LogP contribution in [0.25, 0.3) is 11.3 Å². The van der Waals surface area contributed by atoms with Gasteiger partial charge >= 0.3 is 0 Å². The molecule has 2 heterocycles. The molecule has 134 valence electrons. The van der Waals surface area contributed by atoms with E-state index in [0.29, 0.717) is 27.4 Å². The predicted octanol–water partition coefficient (Wildman–Crippen LogP) is 5.13. The Balaban J connectivity index is 1.86. The van der Waals surface area contributed by atoms with Gasteiger partial charge in [-0.3, -0.25) is 5.10 Å². The van der Waals surface area contributed by atoms with Crippen molar-refractivity contribution in [2.45, 2.75) is 38.0 Å². The highest BCUT2D eigenvalue weighted by atomic mass is 35.5. The van der Waals surface area contributed by atoms with E-state index in [1.807, 2.05) is 6.07 Å². The van der Waals surface area contributed by atoms with E-state index in [2.05, 4.69) is 16.3 Å². The highest BCUT2D eigenvalue weighted by Gasteiger charge is 2.39. The van der Waals surface area contributed by atoms with E-state index in [1.54, 1.807) is 12.1 Å². The summed E-state index contributed by atoms with van der Waals surface area (Å²) in [6, 6.07) is 7.70. The van der Waals surface area contributed by atoms with Crippen LogP contribution in [-0.2, 0) is 0 Å². The van der Waals surface area contributed by atoms with Crippen molar-refractivity contribution in [2.24, 2.45) is 11.7 Å². The van der Waals surface area contributed by atoms with Crippen LogP contribution >= 0.6 is 23.2 Å². The highest BCUT2D eigenvalue weighted by Crippen LogP contribution is 2.49. The lowest BCUT2D eigenvalue weighted by Gasteiger charge is -2.33. The Morgan fingerprint density at radius 1 is 1.19 bits per heavy atom. The summed E-state index contributed by atoms with van der Waals surface area (Å²) in [5.41, 5.74) is 9.08. The van der Waals surface area contributed by atoms with Gasteiger partial charge in [0.2, 0.25) is 11.8 Å². The van der Waals surface area contributed by atoms with Crippen LogP contribution in [0.1, 0.15) is 43.6 Å². The maximum Gasteiger partial charge on any atom is 0.244 e. The van der Waals surface area contributed by atoms with Crippen LogP contribution < -0.4 is 10.5 Å². The minimum Gasteiger partial charge on any atom is -0.420 e. The van der Waals surface area contributed by atoms with Crippen molar-refractivity contribution in [1.82, 2.24) is 10.2 Å². The van der Waals surface area contributed by atoms with E-state index in [1.165, 1.54) is 6.42 Å². The zero-order valence-electron chi connectivity index (χ0n) is 14.1. The molecule has 4 rings (SSSR count). The smallest absolute Gasteiger partial charge is 0.244 e. The fourth-order valence-corrected chi connectivity index (χ4v) is 4.39. The van der Waals surface area contributed by atoms with E-state index < -0.39 is 0 Å². The Hall–Kier alpha value is -2.16. The number of hydrogen-bond acceptors (Lipinski definition) is 4. The third-order valence-corrected chi connectivity index (χ3v) is 6.05. The summed E-state index contributed by atoms with van der Waals surface area (Å²) >= 11 is 12.3. The Labute approximate surface area is 161 Å². The van der Waals surface area contributed by atoms with Gasteiger partial charge in [0.05, 0.1) is 26.9 Å². The summed E-state index contributed by atoms with van der Waals surface area (Å²) in [4.78, 5) is 0. The third kappa shape index (κ3) is 2.84. The van der Waals surface area contributed by atoms with Crippen LogP contribution in [0.3, 0.4) is 0 Å². The zero-order chi connectivity index (χ0) is 18.3. The quantitative estimate of drug-likeness (QED) is 0.745. The summed E-state index contributed by atoms with van der Waals surface area (Å²) in [6.07, 6.45) is 5.69. The van der Waals surface area contributed by atoms with Crippen molar-refractivity contribution in [2.75, 3.05) is 0 Å². The Morgan fingerprint density at radius 3 is 2.65 bits per heavy atom. The molecule has 0 bridgehead atoms. The standard InChI is InChI=1S/C19H18Cl2N4O/c20-13-7-6-11(8-14(13)21)17-16-15(10-4-2-1-3-5-10)12(9-22)18(23)26-19(16)25-24-17/h6-8,10,15H,1-5,23H2,(H,24,25)/t15-/m0/s1. The van der Waals surface area contributed by atoms with Crippen molar-refractivity contribution in [1.29, 1.82) is 5.26 Å². The van der Waals surface area contributed by atoms with E-state index in [0.717, 1.165) is 42.5 Å². The molecule has 1 aromatic heterocycles. The van der Waals surface area contributed by atoms with Crippen LogP contribution in [0, 0.1) is 17.2 Å². The van der Waals surface area contributed by atoms with Gasteiger partial charge in [-0.05, 0) is 30.9 Å². The van der Waals surface area contributed by atoms with Gasteiger partial charge in [-0.2, -0.15) is 5.26 Å². The number of fused-ring (bicyclic) bond motifs is 1. The van der Waals surface area contributed by atoms with E-state index in [4.69, 9.17) is 33.7 Å². The summed E-state index contributed by atoms with van der Waals surface area (Å²) in [7, 11) is 0. The molecule has 0 radical (unpaired) electrons. The van der Waals surface area contributed by atoms with Gasteiger partial charge in [0.25, 0.3) is 0 Å². The van der Waals surface area contributed by atoms with Crippen molar-refractivity contribution in [3.05, 3.63) is 45.3 Å². The average Bonchev–Trinajstić information content (AvgIpc) is 3.06. The number of rotatable bonds is 2. The molecule has 1 saturated carbocycles. The molecule has 0 unspecified atom stereocenters. The van der Waals surface area contributed by atoms with Crippen LogP contribution in [-0.4, -0.2) is 10.2 Å².